The smallest absolute Gasteiger partial charge is 0.100 e. The van der Waals surface area contributed by atoms with Crippen LogP contribution >= 0.6 is 0 Å². The molecule has 136 valence electrons. The molecule has 1 unspecified atom stereocenters. The average Bonchev–Trinajstić information content (AvgIpc) is 3.31. The normalized spacial score (nSPS) is 15.4. The zero-order chi connectivity index (χ0) is 19.1. The number of nitrogens with one attached hydrogen (secondary N) is 2. The van der Waals surface area contributed by atoms with Crippen LogP contribution in [0.4, 0.5) is 5.69 Å². The minimum absolute atomic E-state index is 0.263. The molecule has 0 saturated carbocycles. The lowest BCUT2D eigenvalue weighted by Crippen LogP contribution is -2.06. The zero-order valence-corrected chi connectivity index (χ0v) is 15.5. The Labute approximate surface area is 163 Å². The number of rotatable bonds is 3. The Morgan fingerprint density at radius 1 is 1.14 bits per heavy atom. The Kier molecular flexibility index (Phi) is 3.84. The van der Waals surface area contributed by atoms with Crippen LogP contribution in [0.25, 0.3) is 22.2 Å². The van der Waals surface area contributed by atoms with E-state index in [1.165, 1.54) is 11.1 Å². The molecule has 5 rings (SSSR count). The molecule has 1 aliphatic carbocycles. The van der Waals surface area contributed by atoms with Gasteiger partial charge in [0, 0.05) is 28.5 Å². The summed E-state index contributed by atoms with van der Waals surface area (Å²) in [5.41, 5.74) is 8.35. The molecule has 0 saturated heterocycles. The van der Waals surface area contributed by atoms with E-state index in [9.17, 15) is 0 Å². The van der Waals surface area contributed by atoms with Gasteiger partial charge in [0.1, 0.15) is 5.69 Å². The van der Waals surface area contributed by atoms with E-state index < -0.39 is 0 Å². The topological polar surface area (TPSA) is 77.4 Å². The quantitative estimate of drug-likeness (QED) is 0.541. The number of nitrogens with zero attached hydrogens (tertiary/aromatic N) is 3. The highest BCUT2D eigenvalue weighted by Gasteiger charge is 2.22. The second kappa shape index (κ2) is 6.50. The number of aromatic amines is 1. The largest absolute Gasteiger partial charge is 0.378 e. The molecule has 1 atom stereocenters. The van der Waals surface area contributed by atoms with Crippen LogP contribution in [0.5, 0.6) is 0 Å². The van der Waals surface area contributed by atoms with E-state index >= 15 is 0 Å². The predicted molar refractivity (Wildman–Crippen MR) is 110 cm³/mol. The maximum atomic E-state index is 9.11. The molecule has 0 spiro atoms. The second-order valence-corrected chi connectivity index (χ2v) is 7.28. The highest BCUT2D eigenvalue weighted by Crippen LogP contribution is 2.36. The van der Waals surface area contributed by atoms with Crippen molar-refractivity contribution in [1.82, 2.24) is 15.2 Å². The molecule has 0 aliphatic heterocycles. The van der Waals surface area contributed by atoms with Crippen molar-refractivity contribution < 1.29 is 0 Å². The van der Waals surface area contributed by atoms with Crippen molar-refractivity contribution in [3.8, 4) is 17.3 Å². The SMILES string of the molecule is Cc1cc(-c2n[nH]c3ccc(NC4CCc5cc(C#N)ccc54)cc23)ccn1. The fraction of sp³-hybridized carbons (Fsp3) is 0.174. The van der Waals surface area contributed by atoms with Gasteiger partial charge in [-0.15, -0.1) is 0 Å². The summed E-state index contributed by atoms with van der Waals surface area (Å²) >= 11 is 0. The van der Waals surface area contributed by atoms with E-state index in [1.54, 1.807) is 0 Å². The van der Waals surface area contributed by atoms with Crippen molar-refractivity contribution in [1.29, 1.82) is 5.26 Å². The minimum atomic E-state index is 0.263. The number of pyridine rings is 1. The lowest BCUT2D eigenvalue weighted by molar-refractivity contribution is 0.762. The first-order chi connectivity index (χ1) is 13.7. The van der Waals surface area contributed by atoms with Gasteiger partial charge in [-0.2, -0.15) is 10.4 Å². The van der Waals surface area contributed by atoms with E-state index in [1.807, 2.05) is 31.3 Å². The Morgan fingerprint density at radius 2 is 2.07 bits per heavy atom. The van der Waals surface area contributed by atoms with E-state index in [0.29, 0.717) is 0 Å². The molecule has 0 amide bonds. The van der Waals surface area contributed by atoms with Crippen LogP contribution in [0.2, 0.25) is 0 Å². The number of nitriles is 1. The summed E-state index contributed by atoms with van der Waals surface area (Å²) in [4.78, 5) is 4.28. The number of benzene rings is 2. The number of H-pyrrole nitrogens is 1. The first kappa shape index (κ1) is 16.5. The number of hydrogen-bond donors (Lipinski definition) is 2. The molecule has 0 bridgehead atoms. The fourth-order valence-electron chi connectivity index (χ4n) is 4.05. The summed E-state index contributed by atoms with van der Waals surface area (Å²) in [6, 6.07) is 18.8. The summed E-state index contributed by atoms with van der Waals surface area (Å²) in [5.74, 6) is 0. The Hall–Kier alpha value is -3.65. The van der Waals surface area contributed by atoms with Gasteiger partial charge in [0.25, 0.3) is 0 Å². The third-order valence-corrected chi connectivity index (χ3v) is 5.42. The van der Waals surface area contributed by atoms with Crippen molar-refractivity contribution in [2.45, 2.75) is 25.8 Å². The van der Waals surface area contributed by atoms with Gasteiger partial charge in [-0.05, 0) is 73.4 Å². The maximum Gasteiger partial charge on any atom is 0.100 e. The monoisotopic (exact) mass is 365 g/mol. The molecule has 2 heterocycles. The Balaban J connectivity index is 1.48. The van der Waals surface area contributed by atoms with Crippen molar-refractivity contribution in [2.75, 3.05) is 5.32 Å². The van der Waals surface area contributed by atoms with Gasteiger partial charge in [-0.3, -0.25) is 10.1 Å². The van der Waals surface area contributed by atoms with Crippen molar-refractivity contribution >= 4 is 16.6 Å². The predicted octanol–water partition coefficient (Wildman–Crippen LogP) is 4.90. The van der Waals surface area contributed by atoms with Gasteiger partial charge >= 0.3 is 0 Å². The third kappa shape index (κ3) is 2.80. The van der Waals surface area contributed by atoms with E-state index in [2.05, 4.69) is 56.9 Å². The molecule has 0 radical (unpaired) electrons. The van der Waals surface area contributed by atoms with Crippen LogP contribution < -0.4 is 5.32 Å². The molecule has 28 heavy (non-hydrogen) atoms. The van der Waals surface area contributed by atoms with Crippen LogP contribution in [0.15, 0.2) is 54.7 Å². The number of fused-ring (bicyclic) bond motifs is 2. The van der Waals surface area contributed by atoms with Crippen LogP contribution in [0, 0.1) is 18.3 Å². The van der Waals surface area contributed by atoms with Crippen LogP contribution in [-0.4, -0.2) is 15.2 Å². The van der Waals surface area contributed by atoms with Gasteiger partial charge in [0.15, 0.2) is 0 Å². The number of hydrogen-bond acceptors (Lipinski definition) is 4. The highest BCUT2D eigenvalue weighted by molar-refractivity contribution is 5.94. The van der Waals surface area contributed by atoms with Crippen LogP contribution in [-0.2, 0) is 6.42 Å². The molecule has 1 aliphatic rings. The minimum Gasteiger partial charge on any atom is -0.378 e. The number of aromatic nitrogens is 3. The lowest BCUT2D eigenvalue weighted by Gasteiger charge is -2.16. The molecular formula is C23H19N5. The maximum absolute atomic E-state index is 9.11. The van der Waals surface area contributed by atoms with Gasteiger partial charge in [-0.25, -0.2) is 0 Å². The highest BCUT2D eigenvalue weighted by atomic mass is 15.1. The molecule has 2 N–H and O–H groups in total. The van der Waals surface area contributed by atoms with E-state index in [4.69, 9.17) is 5.26 Å². The van der Waals surface area contributed by atoms with Gasteiger partial charge in [-0.1, -0.05) is 6.07 Å². The van der Waals surface area contributed by atoms with Crippen LogP contribution in [0.1, 0.15) is 34.8 Å². The van der Waals surface area contributed by atoms with E-state index in [-0.39, 0.29) is 6.04 Å². The van der Waals surface area contributed by atoms with Gasteiger partial charge < -0.3 is 5.32 Å². The molecule has 2 aromatic carbocycles. The molecular weight excluding hydrogens is 346 g/mol. The van der Waals surface area contributed by atoms with Gasteiger partial charge in [0.05, 0.1) is 23.2 Å². The average molecular weight is 365 g/mol. The molecule has 0 fully saturated rings. The second-order valence-electron chi connectivity index (χ2n) is 7.28. The standard InChI is InChI=1S/C23H19N5/c1-14-10-17(8-9-25-14)23-20-12-18(4-7-22(20)27-28-23)26-21-6-3-16-11-15(13-24)2-5-19(16)21/h2,4-5,7-12,21,26H,3,6H2,1H3,(H,27,28). The van der Waals surface area contributed by atoms with E-state index in [0.717, 1.165) is 51.9 Å². The fourth-order valence-corrected chi connectivity index (χ4v) is 4.05. The molecule has 4 aromatic rings. The number of anilines is 1. The van der Waals surface area contributed by atoms with Gasteiger partial charge in [0.2, 0.25) is 0 Å². The summed E-state index contributed by atoms with van der Waals surface area (Å²) < 4.78 is 0. The third-order valence-electron chi connectivity index (χ3n) is 5.42. The molecule has 5 nitrogen and oxygen atoms in total. The summed E-state index contributed by atoms with van der Waals surface area (Å²) in [6.07, 6.45) is 3.85. The Bertz CT molecular complexity index is 1230. The first-order valence-corrected chi connectivity index (χ1v) is 9.42. The molecule has 5 heteroatoms. The first-order valence-electron chi connectivity index (χ1n) is 9.42. The van der Waals surface area contributed by atoms with Crippen molar-refractivity contribution in [3.05, 3.63) is 77.1 Å². The van der Waals surface area contributed by atoms with Crippen LogP contribution in [0.3, 0.4) is 0 Å². The number of aryl methyl sites for hydroxylation is 2. The lowest BCUT2D eigenvalue weighted by atomic mass is 10.0. The van der Waals surface area contributed by atoms with Crippen molar-refractivity contribution in [3.63, 3.8) is 0 Å². The zero-order valence-electron chi connectivity index (χ0n) is 15.5. The summed E-state index contributed by atoms with van der Waals surface area (Å²) in [7, 11) is 0. The summed E-state index contributed by atoms with van der Waals surface area (Å²) in [5, 5.41) is 21.5. The van der Waals surface area contributed by atoms with Crippen molar-refractivity contribution in [2.24, 2.45) is 0 Å². The molecule has 2 aromatic heterocycles. The summed E-state index contributed by atoms with van der Waals surface area (Å²) in [6.45, 7) is 1.99. The Morgan fingerprint density at radius 3 is 2.93 bits per heavy atom.